The van der Waals surface area contributed by atoms with Gasteiger partial charge in [0.2, 0.25) is 11.8 Å². The zero-order chi connectivity index (χ0) is 61.8. The Bertz CT molecular complexity index is 1900. The molecule has 4 rings (SSSR count). The normalized spacial score (nSPS) is 16.6. The number of aliphatic hydroxyl groups excluding tert-OH is 3. The number of nitrogens with one attached hydrogen (secondary N) is 2. The van der Waals surface area contributed by atoms with E-state index in [1.54, 1.807) is 18.5 Å². The van der Waals surface area contributed by atoms with E-state index in [0.717, 1.165) is 82.8 Å². The predicted molar refractivity (Wildman–Crippen MR) is 317 cm³/mol. The van der Waals surface area contributed by atoms with Gasteiger partial charge in [-0.2, -0.15) is 0 Å². The number of nitrogens with zero attached hydrogens (tertiary/aromatic N) is 10. The standard InChI is InChI=1S/C28H52N6O10.C20H38N6O5.C6H14.C2H6.2H2/c1-20(19-44-25(22(3)28(39)40)24(35)21(2)27(37)38)26(36)29-5-11-41-13-15-43-16-14-42-12-10-34-18-23(30-31-34)17-33-8-6-32(4)7-9-33;1-18(17-27)20(28)21-3-9-29-11-13-31-14-12-30-10-8-26-16-19(22-23-26)15-25-6-4-24(2)5-7-25;1-4-6(3)5-2;1-2;;/h18,20-22,24-25,28,35,39-40H,5-17,19H2,1-4H3,(H,29,36)(H,37,38);16,18,27H,3-15,17H2,1-2H3,(H,21,28);6H,4-5H2,1-3H3;1-2H3;2*1H. The summed E-state index contributed by atoms with van der Waals surface area (Å²) in [6, 6.07) is 0. The topological polar surface area (TPSA) is 315 Å². The lowest BCUT2D eigenvalue weighted by molar-refractivity contribution is -0.174. The summed E-state index contributed by atoms with van der Waals surface area (Å²) in [4.78, 5) is 44.5. The highest BCUT2D eigenvalue weighted by Gasteiger charge is 2.37. The van der Waals surface area contributed by atoms with Crippen LogP contribution in [0, 0.1) is 29.6 Å². The lowest BCUT2D eigenvalue weighted by atomic mass is 9.91. The van der Waals surface area contributed by atoms with Crippen LogP contribution < -0.4 is 10.6 Å². The predicted octanol–water partition coefficient (Wildman–Crippen LogP) is 1.02. The van der Waals surface area contributed by atoms with Gasteiger partial charge in [0, 0.05) is 99.7 Å². The molecule has 0 aliphatic carbocycles. The van der Waals surface area contributed by atoms with Crippen LogP contribution in [0.4, 0.5) is 0 Å². The Morgan fingerprint density at radius 2 is 0.964 bits per heavy atom. The second-order valence-electron chi connectivity index (χ2n) is 21.0. The first kappa shape index (κ1) is 77.1. The number of aliphatic hydroxyl groups is 4. The molecule has 0 aromatic carbocycles. The lowest BCUT2D eigenvalue weighted by Gasteiger charge is -2.32. The number of rotatable bonds is 41. The van der Waals surface area contributed by atoms with E-state index in [0.29, 0.717) is 92.3 Å². The summed E-state index contributed by atoms with van der Waals surface area (Å²) in [5, 5.41) is 69.6. The van der Waals surface area contributed by atoms with Crippen molar-refractivity contribution in [2.75, 3.05) is 172 Å². The summed E-state index contributed by atoms with van der Waals surface area (Å²) in [6.45, 7) is 33.9. The van der Waals surface area contributed by atoms with Gasteiger partial charge >= 0.3 is 5.97 Å². The van der Waals surface area contributed by atoms with E-state index in [2.05, 4.69) is 85.7 Å². The summed E-state index contributed by atoms with van der Waals surface area (Å²) in [7, 11) is 4.29. The van der Waals surface area contributed by atoms with E-state index in [9.17, 15) is 29.7 Å². The van der Waals surface area contributed by atoms with Crippen molar-refractivity contribution < 1.29 is 75.9 Å². The van der Waals surface area contributed by atoms with Crippen molar-refractivity contribution in [1.29, 1.82) is 0 Å². The number of hydrogen-bond donors (Lipinski definition) is 7. The fourth-order valence-corrected chi connectivity index (χ4v) is 7.62. The molecule has 488 valence electrons. The second kappa shape index (κ2) is 48.2. The molecule has 27 heteroatoms. The summed E-state index contributed by atoms with van der Waals surface area (Å²) in [5.41, 5.74) is 1.96. The maximum atomic E-state index is 12.4. The van der Waals surface area contributed by atoms with E-state index in [-0.39, 0.29) is 41.0 Å². The highest BCUT2D eigenvalue weighted by molar-refractivity contribution is 5.78. The molecule has 83 heavy (non-hydrogen) atoms. The summed E-state index contributed by atoms with van der Waals surface area (Å²) in [6.07, 6.45) is 2.10. The van der Waals surface area contributed by atoms with Gasteiger partial charge in [-0.1, -0.05) is 78.7 Å². The number of aromatic nitrogens is 6. The molecule has 6 atom stereocenters. The molecule has 0 spiro atoms. The van der Waals surface area contributed by atoms with Gasteiger partial charge in [0.25, 0.3) is 0 Å². The molecule has 2 aliphatic heterocycles. The zero-order valence-corrected chi connectivity index (χ0v) is 52.3. The molecule has 6 unspecified atom stereocenters. The van der Waals surface area contributed by atoms with Crippen molar-refractivity contribution in [2.24, 2.45) is 29.6 Å². The van der Waals surface area contributed by atoms with E-state index in [1.165, 1.54) is 26.7 Å². The molecule has 2 aromatic rings. The van der Waals surface area contributed by atoms with Crippen LogP contribution in [0.5, 0.6) is 0 Å². The van der Waals surface area contributed by atoms with Crippen molar-refractivity contribution in [3.63, 3.8) is 0 Å². The maximum absolute atomic E-state index is 12.4. The smallest absolute Gasteiger partial charge is 0.308 e. The Balaban J connectivity index is 0. The van der Waals surface area contributed by atoms with Crippen molar-refractivity contribution >= 4 is 17.8 Å². The molecule has 0 radical (unpaired) electrons. The van der Waals surface area contributed by atoms with Crippen molar-refractivity contribution in [3.8, 4) is 0 Å². The van der Waals surface area contributed by atoms with Crippen molar-refractivity contribution in [3.05, 3.63) is 23.8 Å². The minimum Gasteiger partial charge on any atom is -0.481 e. The quantitative estimate of drug-likeness (QED) is 0.0361. The van der Waals surface area contributed by atoms with Crippen LogP contribution in [0.25, 0.3) is 0 Å². The molecular weight excluding hydrogens is 1080 g/mol. The molecule has 2 saturated heterocycles. The number of likely N-dealkylation sites (N-methyl/N-ethyl adjacent to an activating group) is 2. The fraction of sp³-hybridized carbons (Fsp3) is 0.875. The van der Waals surface area contributed by atoms with Gasteiger partial charge in [-0.3, -0.25) is 24.2 Å². The molecule has 2 aromatic heterocycles. The zero-order valence-electron chi connectivity index (χ0n) is 52.3. The molecule has 2 amide bonds. The minimum atomic E-state index is -1.83. The van der Waals surface area contributed by atoms with Crippen LogP contribution in [0.15, 0.2) is 12.4 Å². The largest absolute Gasteiger partial charge is 0.481 e. The molecule has 0 saturated carbocycles. The Hall–Kier alpha value is -3.91. The summed E-state index contributed by atoms with van der Waals surface area (Å²) < 4.78 is 42.2. The number of carbonyl (C=O) groups is 3. The van der Waals surface area contributed by atoms with Crippen molar-refractivity contribution in [1.82, 2.24) is 60.2 Å². The van der Waals surface area contributed by atoms with Gasteiger partial charge in [-0.25, -0.2) is 9.36 Å². The Kier molecular flexibility index (Phi) is 44.8. The number of carboxylic acids is 1. The minimum absolute atomic E-state index is 0. The summed E-state index contributed by atoms with van der Waals surface area (Å²) >= 11 is 0. The molecular formula is C56H114N12O15. The second-order valence-corrected chi connectivity index (χ2v) is 21.0. The summed E-state index contributed by atoms with van der Waals surface area (Å²) in [5.74, 6) is -4.01. The van der Waals surface area contributed by atoms with Gasteiger partial charge in [-0.15, -0.1) is 10.2 Å². The third kappa shape index (κ3) is 36.6. The van der Waals surface area contributed by atoms with Gasteiger partial charge in [-0.05, 0) is 26.9 Å². The van der Waals surface area contributed by atoms with Gasteiger partial charge in [0.15, 0.2) is 6.29 Å². The first-order valence-electron chi connectivity index (χ1n) is 30.0. The number of piperazine rings is 2. The van der Waals surface area contributed by atoms with E-state index >= 15 is 0 Å². The third-order valence-corrected chi connectivity index (χ3v) is 14.0. The van der Waals surface area contributed by atoms with Crippen LogP contribution in [0.3, 0.4) is 0 Å². The third-order valence-electron chi connectivity index (χ3n) is 14.0. The van der Waals surface area contributed by atoms with Crippen molar-refractivity contribution in [2.45, 2.75) is 120 Å². The van der Waals surface area contributed by atoms with E-state index < -0.39 is 48.1 Å². The van der Waals surface area contributed by atoms with Gasteiger partial charge in [0.1, 0.15) is 0 Å². The number of ether oxygens (including phenoxy) is 7. The molecule has 7 N–H and O–H groups in total. The highest BCUT2D eigenvalue weighted by Crippen LogP contribution is 2.21. The maximum Gasteiger partial charge on any atom is 0.308 e. The number of hydrogen-bond acceptors (Lipinski definition) is 22. The Morgan fingerprint density at radius 1 is 0.590 bits per heavy atom. The number of aliphatic carboxylic acids is 1. The average molecular weight is 1200 g/mol. The molecule has 4 heterocycles. The first-order chi connectivity index (χ1) is 39.9. The highest BCUT2D eigenvalue weighted by atomic mass is 16.6. The van der Waals surface area contributed by atoms with Crippen LogP contribution in [0.2, 0.25) is 0 Å². The monoisotopic (exact) mass is 1190 g/mol. The number of carbonyl (C=O) groups excluding carboxylic acids is 2. The molecule has 2 fully saturated rings. The van der Waals surface area contributed by atoms with Crippen LogP contribution in [0.1, 0.15) is 89.4 Å². The van der Waals surface area contributed by atoms with Crippen LogP contribution in [-0.4, -0.2) is 283 Å². The SMILES string of the molecule is CC.CC(CO)C(=O)NCCOCCOCCOCCn1cc(CN2CCN(C)CC2)nn1.CC(COC(C(C)C(O)O)C(O)C(C)C(=O)O)C(=O)NCCOCCOCCOCCn1cc(CN2CCN(C)CC2)nn1.CCC(C)CC.[HH].[HH]. The van der Waals surface area contributed by atoms with Gasteiger partial charge in [0.05, 0.1) is 147 Å². The number of amides is 2. The van der Waals surface area contributed by atoms with Crippen LogP contribution in [-0.2, 0) is 73.7 Å². The molecule has 0 bridgehead atoms. The Labute approximate surface area is 497 Å². The van der Waals surface area contributed by atoms with E-state index in [4.69, 9.17) is 43.4 Å². The number of carboxylic acid groups (broad SMARTS) is 1. The first-order valence-corrected chi connectivity index (χ1v) is 30.0. The molecule has 2 aliphatic rings. The Morgan fingerprint density at radius 3 is 1.31 bits per heavy atom. The van der Waals surface area contributed by atoms with E-state index in [1.807, 2.05) is 30.9 Å². The van der Waals surface area contributed by atoms with Crippen LogP contribution >= 0.6 is 0 Å². The average Bonchev–Trinajstić information content (AvgIpc) is 4.24. The fourth-order valence-electron chi connectivity index (χ4n) is 7.62. The van der Waals surface area contributed by atoms with Gasteiger partial charge < -0.3 is 79.1 Å². The lowest BCUT2D eigenvalue weighted by Crippen LogP contribution is -2.46. The molecule has 27 nitrogen and oxygen atoms in total.